The molecule has 0 aliphatic rings. The number of methoxy groups -OCH3 is 2. The van der Waals surface area contributed by atoms with Gasteiger partial charge >= 0.3 is 6.03 Å². The molecule has 1 heterocycles. The molecule has 0 saturated carbocycles. The summed E-state index contributed by atoms with van der Waals surface area (Å²) in [5, 5.41) is 10.5. The molecular weight excluding hydrogens is 458 g/mol. The molecule has 0 aliphatic heterocycles. The van der Waals surface area contributed by atoms with Crippen molar-refractivity contribution in [1.29, 1.82) is 0 Å². The fraction of sp³-hybridized carbons (Fsp3) is 0.370. The maximum atomic E-state index is 13.1. The third kappa shape index (κ3) is 7.08. The van der Waals surface area contributed by atoms with Crippen molar-refractivity contribution in [2.45, 2.75) is 33.1 Å². The molecule has 0 unspecified atom stereocenters. The highest BCUT2D eigenvalue weighted by molar-refractivity contribution is 5.96. The van der Waals surface area contributed by atoms with E-state index in [0.29, 0.717) is 17.3 Å². The average Bonchev–Trinajstić information content (AvgIpc) is 3.26. The van der Waals surface area contributed by atoms with Gasteiger partial charge in [0.25, 0.3) is 0 Å². The minimum absolute atomic E-state index is 0.164. The predicted molar refractivity (Wildman–Crippen MR) is 141 cm³/mol. The number of anilines is 2. The predicted octanol–water partition coefficient (Wildman–Crippen LogP) is 4.61. The number of hydrogen-bond donors (Lipinski definition) is 2. The summed E-state index contributed by atoms with van der Waals surface area (Å²) in [5.41, 5.74) is 3.11. The molecule has 0 spiro atoms. The van der Waals surface area contributed by atoms with E-state index in [1.807, 2.05) is 37.3 Å². The van der Waals surface area contributed by atoms with Gasteiger partial charge in [-0.05, 0) is 36.8 Å². The quantitative estimate of drug-likeness (QED) is 0.454. The summed E-state index contributed by atoms with van der Waals surface area (Å²) >= 11 is 0. The van der Waals surface area contributed by atoms with Gasteiger partial charge in [-0.3, -0.25) is 4.79 Å². The van der Waals surface area contributed by atoms with Crippen LogP contribution in [0.15, 0.2) is 54.6 Å². The number of aromatic nitrogens is 2. The van der Waals surface area contributed by atoms with Gasteiger partial charge in [0.2, 0.25) is 5.91 Å². The topological polar surface area (TPSA) is 97.7 Å². The Bertz CT molecular complexity index is 1200. The van der Waals surface area contributed by atoms with E-state index in [9.17, 15) is 9.59 Å². The Morgan fingerprint density at radius 3 is 2.44 bits per heavy atom. The van der Waals surface area contributed by atoms with Crippen molar-refractivity contribution in [1.82, 2.24) is 14.7 Å². The zero-order valence-corrected chi connectivity index (χ0v) is 21.8. The standard InChI is InChI=1S/C27H35N5O4/c1-19-9-7-11-21(15-19)32-24(17-23(30-32)27(2,3)4)29-25(33)18-31(13-14-35-5)26(34)28-20-10-8-12-22(16-20)36-6/h7-12,15-17H,13-14,18H2,1-6H3,(H,28,34)(H,29,33). The van der Waals surface area contributed by atoms with Crippen molar-refractivity contribution in [2.75, 3.05) is 44.5 Å². The van der Waals surface area contributed by atoms with Crippen LogP contribution in [-0.2, 0) is 14.9 Å². The fourth-order valence-electron chi connectivity index (χ4n) is 3.51. The molecule has 1 aromatic heterocycles. The second-order valence-corrected chi connectivity index (χ2v) is 9.54. The van der Waals surface area contributed by atoms with Gasteiger partial charge in [0, 0.05) is 36.9 Å². The Hall–Kier alpha value is -3.85. The smallest absolute Gasteiger partial charge is 0.322 e. The van der Waals surface area contributed by atoms with Crippen LogP contribution in [0.1, 0.15) is 32.0 Å². The van der Waals surface area contributed by atoms with Crippen molar-refractivity contribution in [2.24, 2.45) is 0 Å². The Kier molecular flexibility index (Phi) is 8.71. The number of rotatable bonds is 9. The SMILES string of the molecule is COCCN(CC(=O)Nc1cc(C(C)(C)C)nn1-c1cccc(C)c1)C(=O)Nc1cccc(OC)c1. The summed E-state index contributed by atoms with van der Waals surface area (Å²) in [7, 11) is 3.11. The van der Waals surface area contributed by atoms with E-state index in [0.717, 1.165) is 16.9 Å². The van der Waals surface area contributed by atoms with Gasteiger partial charge in [-0.2, -0.15) is 5.10 Å². The lowest BCUT2D eigenvalue weighted by Gasteiger charge is -2.22. The Labute approximate surface area is 212 Å². The summed E-state index contributed by atoms with van der Waals surface area (Å²) < 4.78 is 12.1. The zero-order valence-electron chi connectivity index (χ0n) is 21.8. The monoisotopic (exact) mass is 493 g/mol. The summed E-state index contributed by atoms with van der Waals surface area (Å²) in [4.78, 5) is 27.5. The summed E-state index contributed by atoms with van der Waals surface area (Å²) in [6.07, 6.45) is 0. The van der Waals surface area contributed by atoms with Crippen molar-refractivity contribution >= 4 is 23.4 Å². The third-order valence-electron chi connectivity index (χ3n) is 5.50. The summed E-state index contributed by atoms with van der Waals surface area (Å²) in [6.45, 7) is 8.57. The second-order valence-electron chi connectivity index (χ2n) is 9.54. The van der Waals surface area contributed by atoms with Crippen LogP contribution in [0.4, 0.5) is 16.3 Å². The number of hydrogen-bond acceptors (Lipinski definition) is 5. The number of amides is 3. The van der Waals surface area contributed by atoms with Crippen molar-refractivity contribution in [3.8, 4) is 11.4 Å². The summed E-state index contributed by atoms with van der Waals surface area (Å²) in [6, 6.07) is 16.4. The highest BCUT2D eigenvalue weighted by atomic mass is 16.5. The van der Waals surface area contributed by atoms with Gasteiger partial charge in [0.15, 0.2) is 0 Å². The van der Waals surface area contributed by atoms with Crippen molar-refractivity contribution < 1.29 is 19.1 Å². The van der Waals surface area contributed by atoms with E-state index < -0.39 is 6.03 Å². The second kappa shape index (κ2) is 11.7. The average molecular weight is 494 g/mol. The van der Waals surface area contributed by atoms with E-state index in [1.165, 1.54) is 4.90 Å². The van der Waals surface area contributed by atoms with Crippen LogP contribution >= 0.6 is 0 Å². The van der Waals surface area contributed by atoms with Crippen LogP contribution < -0.4 is 15.4 Å². The molecule has 3 amide bonds. The lowest BCUT2D eigenvalue weighted by Crippen LogP contribution is -2.42. The zero-order chi connectivity index (χ0) is 26.3. The van der Waals surface area contributed by atoms with Crippen LogP contribution in [0.2, 0.25) is 0 Å². The Morgan fingerprint density at radius 1 is 1.03 bits per heavy atom. The number of carbonyl (C=O) groups excluding carboxylic acids is 2. The molecule has 0 atom stereocenters. The Morgan fingerprint density at radius 2 is 1.78 bits per heavy atom. The molecule has 0 radical (unpaired) electrons. The van der Waals surface area contributed by atoms with E-state index in [4.69, 9.17) is 14.6 Å². The van der Waals surface area contributed by atoms with E-state index >= 15 is 0 Å². The number of ether oxygens (including phenoxy) is 2. The maximum absolute atomic E-state index is 13.1. The molecule has 0 aliphatic carbocycles. The molecule has 2 aromatic carbocycles. The first kappa shape index (κ1) is 26.7. The van der Waals surface area contributed by atoms with Gasteiger partial charge in [-0.25, -0.2) is 9.48 Å². The van der Waals surface area contributed by atoms with Gasteiger partial charge in [-0.15, -0.1) is 0 Å². The lowest BCUT2D eigenvalue weighted by molar-refractivity contribution is -0.116. The minimum atomic E-state index is -0.418. The van der Waals surface area contributed by atoms with Crippen LogP contribution in [-0.4, -0.2) is 60.5 Å². The lowest BCUT2D eigenvalue weighted by atomic mass is 9.92. The first-order valence-corrected chi connectivity index (χ1v) is 11.8. The number of urea groups is 1. The molecule has 0 saturated heterocycles. The number of benzene rings is 2. The number of carbonyl (C=O) groups is 2. The van der Waals surface area contributed by atoms with Crippen LogP contribution in [0.3, 0.4) is 0 Å². The van der Waals surface area contributed by atoms with Crippen LogP contribution in [0.25, 0.3) is 5.69 Å². The van der Waals surface area contributed by atoms with Crippen molar-refractivity contribution in [3.63, 3.8) is 0 Å². The van der Waals surface area contributed by atoms with Crippen LogP contribution in [0.5, 0.6) is 5.75 Å². The molecule has 3 rings (SSSR count). The molecule has 0 fully saturated rings. The number of nitrogens with zero attached hydrogens (tertiary/aromatic N) is 3. The van der Waals surface area contributed by atoms with Gasteiger partial charge in [0.05, 0.1) is 25.1 Å². The Balaban J connectivity index is 1.80. The molecule has 36 heavy (non-hydrogen) atoms. The highest BCUT2D eigenvalue weighted by Gasteiger charge is 2.23. The minimum Gasteiger partial charge on any atom is -0.497 e. The highest BCUT2D eigenvalue weighted by Crippen LogP contribution is 2.26. The van der Waals surface area contributed by atoms with Gasteiger partial charge in [-0.1, -0.05) is 39.0 Å². The number of nitrogens with one attached hydrogen (secondary N) is 2. The normalized spacial score (nSPS) is 11.2. The van der Waals surface area contributed by atoms with Crippen LogP contribution in [0, 0.1) is 6.92 Å². The first-order valence-electron chi connectivity index (χ1n) is 11.8. The van der Waals surface area contributed by atoms with Gasteiger partial charge < -0.3 is 25.0 Å². The molecule has 9 nitrogen and oxygen atoms in total. The fourth-order valence-corrected chi connectivity index (χ4v) is 3.51. The van der Waals surface area contributed by atoms with Crippen molar-refractivity contribution in [3.05, 3.63) is 65.9 Å². The first-order chi connectivity index (χ1) is 17.1. The van der Waals surface area contributed by atoms with E-state index in [1.54, 1.807) is 43.2 Å². The van der Waals surface area contributed by atoms with E-state index in [-0.39, 0.29) is 31.0 Å². The maximum Gasteiger partial charge on any atom is 0.322 e. The molecule has 3 aromatic rings. The van der Waals surface area contributed by atoms with Gasteiger partial charge in [0.1, 0.15) is 18.1 Å². The molecule has 9 heteroatoms. The molecule has 192 valence electrons. The molecule has 0 bridgehead atoms. The number of aryl methyl sites for hydroxylation is 1. The molecule has 2 N–H and O–H groups in total. The van der Waals surface area contributed by atoms with E-state index in [2.05, 4.69) is 31.4 Å². The largest absolute Gasteiger partial charge is 0.497 e. The third-order valence-corrected chi connectivity index (χ3v) is 5.50. The summed E-state index contributed by atoms with van der Waals surface area (Å²) in [5.74, 6) is 0.810. The molecular formula is C27H35N5O4.